The summed E-state index contributed by atoms with van der Waals surface area (Å²) in [4.78, 5) is 39.2. The van der Waals surface area contributed by atoms with Crippen LogP contribution in [0, 0.1) is 12.3 Å². The van der Waals surface area contributed by atoms with E-state index >= 15 is 0 Å². The van der Waals surface area contributed by atoms with Gasteiger partial charge in [-0.3, -0.25) is 15.1 Å². The number of nitrogen functional groups attached to an aromatic ring is 1. The lowest BCUT2D eigenvalue weighted by atomic mass is 10.2. The molecule has 0 aliphatic rings. The lowest BCUT2D eigenvalue weighted by Crippen LogP contribution is -2.36. The molecular weight excluding hydrogens is 468 g/mol. The molecule has 11 heteroatoms. The van der Waals surface area contributed by atoms with Crippen molar-refractivity contribution in [3.8, 4) is 5.75 Å². The number of anilines is 1. The van der Waals surface area contributed by atoms with Gasteiger partial charge in [0.2, 0.25) is 0 Å². The number of H-pyrrole nitrogens is 1. The second kappa shape index (κ2) is 10.3. The number of ether oxygens (including phenoxy) is 1. The third-order valence-corrected chi connectivity index (χ3v) is 6.51. The van der Waals surface area contributed by atoms with Crippen molar-refractivity contribution in [2.75, 3.05) is 11.4 Å². The summed E-state index contributed by atoms with van der Waals surface area (Å²) < 4.78 is 5.64. The van der Waals surface area contributed by atoms with E-state index in [9.17, 15) is 9.59 Å². The molecule has 0 bridgehead atoms. The van der Waals surface area contributed by atoms with Crippen molar-refractivity contribution in [3.63, 3.8) is 0 Å². The second-order valence-electron chi connectivity index (χ2n) is 7.80. The first-order valence-electron chi connectivity index (χ1n) is 10.9. The van der Waals surface area contributed by atoms with Crippen LogP contribution < -0.4 is 15.4 Å². The molecule has 4 rings (SSSR count). The number of hydrogen-bond acceptors (Lipinski definition) is 7. The summed E-state index contributed by atoms with van der Waals surface area (Å²) in [5, 5.41) is 16.6. The van der Waals surface area contributed by atoms with Crippen LogP contribution in [-0.2, 0) is 17.6 Å². The first kappa shape index (κ1) is 23.9. The Bertz CT molecular complexity index is 1380. The van der Waals surface area contributed by atoms with Crippen LogP contribution >= 0.6 is 11.3 Å². The van der Waals surface area contributed by atoms with Gasteiger partial charge in [0.05, 0.1) is 22.3 Å². The highest BCUT2D eigenvalue weighted by Gasteiger charge is 2.22. The summed E-state index contributed by atoms with van der Waals surface area (Å²) in [6.45, 7) is 1.74. The zero-order valence-corrected chi connectivity index (χ0v) is 19.8. The number of pyridine rings is 1. The van der Waals surface area contributed by atoms with E-state index in [2.05, 4.69) is 15.0 Å². The lowest BCUT2D eigenvalue weighted by molar-refractivity contribution is -0.136. The highest BCUT2D eigenvalue weighted by atomic mass is 32.1. The molecule has 180 valence electrons. The molecule has 4 aromatic rings. The van der Waals surface area contributed by atoms with E-state index in [0.29, 0.717) is 29.1 Å². The number of thiophene rings is 1. The van der Waals surface area contributed by atoms with E-state index in [-0.39, 0.29) is 18.8 Å². The zero-order valence-electron chi connectivity index (χ0n) is 18.9. The fourth-order valence-corrected chi connectivity index (χ4v) is 4.41. The number of carboxylic acid groups (broad SMARTS) is 1. The number of fused-ring (bicyclic) bond motifs is 1. The Morgan fingerprint density at radius 1 is 1.20 bits per heavy atom. The molecule has 10 nitrogen and oxygen atoms in total. The molecule has 0 atom stereocenters. The Kier molecular flexibility index (Phi) is 7.06. The molecule has 0 aliphatic heterocycles. The van der Waals surface area contributed by atoms with Gasteiger partial charge in [0, 0.05) is 29.6 Å². The molecule has 3 heterocycles. The van der Waals surface area contributed by atoms with Crippen molar-refractivity contribution in [2.45, 2.75) is 26.2 Å². The van der Waals surface area contributed by atoms with Gasteiger partial charge in [0.15, 0.2) is 0 Å². The van der Waals surface area contributed by atoms with Gasteiger partial charge >= 0.3 is 12.1 Å². The quantitative estimate of drug-likeness (QED) is 0.204. The Labute approximate surface area is 204 Å². The smallest absolute Gasteiger partial charge is 0.420 e. The fourth-order valence-electron chi connectivity index (χ4n) is 3.54. The number of carbonyl (C=O) groups is 2. The number of carbonyl (C=O) groups excluding carboxylic acids is 1. The van der Waals surface area contributed by atoms with Crippen molar-refractivity contribution in [3.05, 3.63) is 69.8 Å². The number of imidazole rings is 1. The Morgan fingerprint density at radius 2 is 2.03 bits per heavy atom. The van der Waals surface area contributed by atoms with Crippen LogP contribution in [-0.4, -0.2) is 44.5 Å². The van der Waals surface area contributed by atoms with E-state index in [1.807, 2.05) is 19.1 Å². The number of benzene rings is 1. The van der Waals surface area contributed by atoms with Crippen molar-refractivity contribution >= 4 is 46.1 Å². The van der Waals surface area contributed by atoms with Gasteiger partial charge < -0.3 is 20.6 Å². The number of aliphatic carboxylic acids is 1. The van der Waals surface area contributed by atoms with Crippen LogP contribution in [0.1, 0.15) is 27.6 Å². The minimum absolute atomic E-state index is 0.0623. The van der Waals surface area contributed by atoms with E-state index in [1.54, 1.807) is 30.3 Å². The topological polar surface area (TPSA) is 158 Å². The zero-order chi connectivity index (χ0) is 24.9. The second-order valence-corrected chi connectivity index (χ2v) is 8.97. The van der Waals surface area contributed by atoms with Crippen LogP contribution in [0.25, 0.3) is 11.0 Å². The number of nitrogens with one attached hydrogen (secondary N) is 2. The molecule has 0 unspecified atom stereocenters. The molecule has 1 aromatic carbocycles. The minimum Gasteiger partial charge on any atom is -0.481 e. The maximum Gasteiger partial charge on any atom is 0.420 e. The van der Waals surface area contributed by atoms with Gasteiger partial charge in [0.25, 0.3) is 0 Å². The highest BCUT2D eigenvalue weighted by Crippen LogP contribution is 2.27. The molecule has 0 spiro atoms. The van der Waals surface area contributed by atoms with Gasteiger partial charge in [-0.2, -0.15) is 0 Å². The normalized spacial score (nSPS) is 10.9. The van der Waals surface area contributed by atoms with Crippen molar-refractivity contribution < 1.29 is 19.4 Å². The molecule has 0 saturated carbocycles. The van der Waals surface area contributed by atoms with Gasteiger partial charge in [-0.1, -0.05) is 6.07 Å². The molecule has 0 fully saturated rings. The number of aromatic amines is 1. The van der Waals surface area contributed by atoms with Gasteiger partial charge in [-0.05, 0) is 49.7 Å². The fraction of sp³-hybridized carbons (Fsp3) is 0.208. The highest BCUT2D eigenvalue weighted by molar-refractivity contribution is 7.14. The third kappa shape index (κ3) is 5.64. The van der Waals surface area contributed by atoms with Gasteiger partial charge in [-0.15, -0.1) is 11.3 Å². The molecule has 0 radical (unpaired) electrons. The molecular formula is C24H24N6O4S. The first-order chi connectivity index (χ1) is 16.8. The summed E-state index contributed by atoms with van der Waals surface area (Å²) in [7, 11) is 0. The summed E-state index contributed by atoms with van der Waals surface area (Å²) in [5.74, 6) is 0.468. The average molecular weight is 493 g/mol. The lowest BCUT2D eigenvalue weighted by Gasteiger charge is -2.20. The van der Waals surface area contributed by atoms with E-state index in [0.717, 1.165) is 27.5 Å². The number of carboxylic acids is 1. The number of hydrogen-bond donors (Lipinski definition) is 4. The Hall–Kier alpha value is -4.25. The Morgan fingerprint density at radius 3 is 2.71 bits per heavy atom. The molecule has 0 saturated heterocycles. The monoisotopic (exact) mass is 492 g/mol. The predicted octanol–water partition coefficient (Wildman–Crippen LogP) is 3.88. The maximum absolute atomic E-state index is 12.9. The number of amidine groups is 1. The molecule has 5 N–H and O–H groups in total. The molecule has 1 amide bonds. The molecule has 0 aliphatic carbocycles. The van der Waals surface area contributed by atoms with E-state index < -0.39 is 12.1 Å². The number of amides is 1. The summed E-state index contributed by atoms with van der Waals surface area (Å²) in [5.41, 5.74) is 7.74. The molecule has 3 aromatic heterocycles. The predicted molar refractivity (Wildman–Crippen MR) is 133 cm³/mol. The Balaban J connectivity index is 1.50. The average Bonchev–Trinajstić information content (AvgIpc) is 3.48. The van der Waals surface area contributed by atoms with Crippen LogP contribution in [0.5, 0.6) is 5.75 Å². The summed E-state index contributed by atoms with van der Waals surface area (Å²) >= 11 is 1.49. The first-order valence-corrected chi connectivity index (χ1v) is 11.7. The number of aryl methyl sites for hydroxylation is 3. The maximum atomic E-state index is 12.9. The van der Waals surface area contributed by atoms with E-state index in [4.69, 9.17) is 21.0 Å². The standard InChI is InChI=1S/C24H24N6O4S/c1-14-17(34-24(33)30(13-11-21(31)32)20-4-2-3-12-27-20)8-7-16-22(14)29-19(28-16)10-6-15-5-9-18(35-15)23(25)26/h2-5,7-9,12H,6,10-11,13H2,1H3,(H3,25,26)(H,28,29)(H,31,32). The van der Waals surface area contributed by atoms with E-state index in [1.165, 1.54) is 22.4 Å². The number of nitrogens with two attached hydrogens (primary N) is 1. The number of aromatic nitrogens is 3. The third-order valence-electron chi connectivity index (χ3n) is 5.34. The van der Waals surface area contributed by atoms with Crippen molar-refractivity contribution in [1.29, 1.82) is 5.41 Å². The van der Waals surface area contributed by atoms with Crippen LogP contribution in [0.4, 0.5) is 10.6 Å². The SMILES string of the molecule is Cc1c(OC(=O)N(CCC(=O)O)c2ccccn2)ccc2[nH]c(CCc3ccc(C(=N)N)s3)nc12. The van der Waals surface area contributed by atoms with Crippen LogP contribution in [0.3, 0.4) is 0 Å². The number of rotatable bonds is 9. The van der Waals surface area contributed by atoms with Crippen LogP contribution in [0.15, 0.2) is 48.7 Å². The van der Waals surface area contributed by atoms with Gasteiger partial charge in [-0.25, -0.2) is 14.8 Å². The minimum atomic E-state index is -1.03. The van der Waals surface area contributed by atoms with Crippen molar-refractivity contribution in [1.82, 2.24) is 15.0 Å². The molecule has 35 heavy (non-hydrogen) atoms. The van der Waals surface area contributed by atoms with Crippen LogP contribution in [0.2, 0.25) is 0 Å². The summed E-state index contributed by atoms with van der Waals surface area (Å²) in [6, 6.07) is 12.3. The van der Waals surface area contributed by atoms with Gasteiger partial charge in [0.1, 0.15) is 23.2 Å². The largest absolute Gasteiger partial charge is 0.481 e. The number of nitrogens with zero attached hydrogens (tertiary/aromatic N) is 3. The summed E-state index contributed by atoms with van der Waals surface area (Å²) in [6.07, 6.45) is 1.98. The van der Waals surface area contributed by atoms with Crippen molar-refractivity contribution in [2.24, 2.45) is 5.73 Å².